The van der Waals surface area contributed by atoms with E-state index in [1.165, 1.54) is 5.56 Å². The number of benzene rings is 1. The molecule has 0 unspecified atom stereocenters. The molecule has 1 aliphatic heterocycles. The lowest BCUT2D eigenvalue weighted by Gasteiger charge is -2.35. The molecule has 1 heterocycles. The van der Waals surface area contributed by atoms with Crippen LogP contribution in [0, 0.1) is 0 Å². The molecule has 1 fully saturated rings. The largest absolute Gasteiger partial charge is 0.497 e. The number of piperazine rings is 1. The molecule has 6 nitrogen and oxygen atoms in total. The van der Waals surface area contributed by atoms with Crippen LogP contribution in [0.2, 0.25) is 0 Å². The van der Waals surface area contributed by atoms with Crippen molar-refractivity contribution in [3.63, 3.8) is 0 Å². The van der Waals surface area contributed by atoms with E-state index in [2.05, 4.69) is 39.1 Å². The first-order valence-electron chi connectivity index (χ1n) is 8.88. The van der Waals surface area contributed by atoms with Gasteiger partial charge < -0.3 is 20.3 Å². The van der Waals surface area contributed by atoms with Crippen LogP contribution in [0.1, 0.15) is 5.56 Å². The molecule has 0 radical (unpaired) electrons. The van der Waals surface area contributed by atoms with Crippen molar-refractivity contribution in [3.8, 4) is 5.75 Å². The summed E-state index contributed by atoms with van der Waals surface area (Å²) in [6, 6.07) is 8.08. The molecule has 1 aromatic carbocycles. The minimum atomic E-state index is 0.0403. The molecule has 0 saturated carbocycles. The van der Waals surface area contributed by atoms with Gasteiger partial charge in [0.2, 0.25) is 5.91 Å². The Bertz CT molecular complexity index is 598. The first kappa shape index (κ1) is 20.2. The second-order valence-electron chi connectivity index (χ2n) is 6.19. The van der Waals surface area contributed by atoms with E-state index in [0.717, 1.165) is 50.0 Å². The number of hydrogen-bond acceptors (Lipinski definition) is 4. The molecule has 0 atom stereocenters. The molecule has 1 aromatic rings. The third-order valence-corrected chi connectivity index (χ3v) is 4.72. The van der Waals surface area contributed by atoms with Gasteiger partial charge in [0.15, 0.2) is 5.11 Å². The highest BCUT2D eigenvalue weighted by Crippen LogP contribution is 2.11. The summed E-state index contributed by atoms with van der Waals surface area (Å²) in [5.74, 6) is 0.909. The van der Waals surface area contributed by atoms with Gasteiger partial charge in [0.25, 0.3) is 0 Å². The van der Waals surface area contributed by atoms with Gasteiger partial charge in [-0.15, -0.1) is 6.58 Å². The van der Waals surface area contributed by atoms with Gasteiger partial charge in [-0.2, -0.15) is 0 Å². The topological polar surface area (TPSA) is 56.8 Å². The van der Waals surface area contributed by atoms with Crippen LogP contribution < -0.4 is 15.4 Å². The molecule has 7 heteroatoms. The third kappa shape index (κ3) is 6.65. The number of methoxy groups -OCH3 is 1. The summed E-state index contributed by atoms with van der Waals surface area (Å²) in [6.07, 6.45) is 2.60. The molecular formula is C19H28N4O2S. The zero-order chi connectivity index (χ0) is 18.8. The van der Waals surface area contributed by atoms with Crippen molar-refractivity contribution in [1.82, 2.24) is 20.4 Å². The average molecular weight is 377 g/mol. The lowest BCUT2D eigenvalue weighted by atomic mass is 10.1. The van der Waals surface area contributed by atoms with Gasteiger partial charge in [0, 0.05) is 39.3 Å². The Kier molecular flexibility index (Phi) is 8.37. The van der Waals surface area contributed by atoms with E-state index < -0.39 is 0 Å². The van der Waals surface area contributed by atoms with Crippen molar-refractivity contribution in [3.05, 3.63) is 42.5 Å². The minimum Gasteiger partial charge on any atom is -0.497 e. The fraction of sp³-hybridized carbons (Fsp3) is 0.474. The van der Waals surface area contributed by atoms with Crippen molar-refractivity contribution in [1.29, 1.82) is 0 Å². The lowest BCUT2D eigenvalue weighted by molar-refractivity contribution is -0.122. The molecule has 0 bridgehead atoms. The maximum Gasteiger partial charge on any atom is 0.234 e. The SMILES string of the molecule is C=CCNC(=O)CN1CCN(C(=S)NCCc2ccc(OC)cc2)CC1. The molecule has 2 rings (SSSR count). The third-order valence-electron chi connectivity index (χ3n) is 4.32. The van der Waals surface area contributed by atoms with Crippen LogP contribution in [0.15, 0.2) is 36.9 Å². The highest BCUT2D eigenvalue weighted by molar-refractivity contribution is 7.80. The van der Waals surface area contributed by atoms with Crippen LogP contribution in [-0.2, 0) is 11.2 Å². The van der Waals surface area contributed by atoms with Crippen LogP contribution in [0.25, 0.3) is 0 Å². The quantitative estimate of drug-likeness (QED) is 0.522. The van der Waals surface area contributed by atoms with Gasteiger partial charge in [-0.05, 0) is 36.3 Å². The molecular weight excluding hydrogens is 348 g/mol. The van der Waals surface area contributed by atoms with Crippen LogP contribution in [-0.4, -0.2) is 73.7 Å². The molecule has 0 aromatic heterocycles. The van der Waals surface area contributed by atoms with E-state index >= 15 is 0 Å². The average Bonchev–Trinajstić information content (AvgIpc) is 2.67. The van der Waals surface area contributed by atoms with Crippen LogP contribution >= 0.6 is 12.2 Å². The van der Waals surface area contributed by atoms with E-state index in [1.807, 2.05) is 12.1 Å². The molecule has 1 saturated heterocycles. The summed E-state index contributed by atoms with van der Waals surface area (Å²) >= 11 is 5.50. The van der Waals surface area contributed by atoms with Gasteiger partial charge in [-0.1, -0.05) is 18.2 Å². The van der Waals surface area contributed by atoms with Crippen LogP contribution in [0.5, 0.6) is 5.75 Å². The van der Waals surface area contributed by atoms with Gasteiger partial charge in [-0.25, -0.2) is 0 Å². The molecule has 26 heavy (non-hydrogen) atoms. The monoisotopic (exact) mass is 376 g/mol. The van der Waals surface area contributed by atoms with E-state index in [0.29, 0.717) is 13.1 Å². The van der Waals surface area contributed by atoms with Crippen LogP contribution in [0.4, 0.5) is 0 Å². The molecule has 1 amide bonds. The van der Waals surface area contributed by atoms with Crippen LogP contribution in [0.3, 0.4) is 0 Å². The van der Waals surface area contributed by atoms with Gasteiger partial charge in [-0.3, -0.25) is 9.69 Å². The summed E-state index contributed by atoms with van der Waals surface area (Å²) in [6.45, 7) is 8.69. The van der Waals surface area contributed by atoms with Gasteiger partial charge >= 0.3 is 0 Å². The zero-order valence-electron chi connectivity index (χ0n) is 15.4. The molecule has 1 aliphatic rings. The molecule has 0 spiro atoms. The van der Waals surface area contributed by atoms with Gasteiger partial charge in [0.1, 0.15) is 5.75 Å². The zero-order valence-corrected chi connectivity index (χ0v) is 16.2. The summed E-state index contributed by atoms with van der Waals surface area (Å²) in [5.41, 5.74) is 1.25. The maximum absolute atomic E-state index is 11.7. The second kappa shape index (κ2) is 10.8. The highest BCUT2D eigenvalue weighted by Gasteiger charge is 2.20. The van der Waals surface area contributed by atoms with E-state index in [-0.39, 0.29) is 5.91 Å². The Morgan fingerprint density at radius 2 is 1.92 bits per heavy atom. The number of nitrogens with one attached hydrogen (secondary N) is 2. The standard InChI is InChI=1S/C19H28N4O2S/c1-3-9-20-18(24)15-22-11-13-23(14-12-22)19(26)21-10-8-16-4-6-17(25-2)7-5-16/h3-7H,1,8-15H2,2H3,(H,20,24)(H,21,26). The van der Waals surface area contributed by atoms with E-state index in [1.54, 1.807) is 13.2 Å². The summed E-state index contributed by atoms with van der Waals surface area (Å²) in [5, 5.41) is 6.92. The smallest absolute Gasteiger partial charge is 0.234 e. The number of nitrogens with zero attached hydrogens (tertiary/aromatic N) is 2. The Labute approximate surface area is 161 Å². The number of carbonyl (C=O) groups excluding carboxylic acids is 1. The summed E-state index contributed by atoms with van der Waals surface area (Å²) in [4.78, 5) is 16.1. The van der Waals surface area contributed by atoms with Crippen molar-refractivity contribution in [2.24, 2.45) is 0 Å². The molecule has 2 N–H and O–H groups in total. The van der Waals surface area contributed by atoms with Crippen molar-refractivity contribution in [2.45, 2.75) is 6.42 Å². The Balaban J connectivity index is 1.64. The van der Waals surface area contributed by atoms with Crippen molar-refractivity contribution in [2.75, 3.05) is 52.9 Å². The fourth-order valence-electron chi connectivity index (χ4n) is 2.77. The number of hydrogen-bond donors (Lipinski definition) is 2. The Morgan fingerprint density at radius 3 is 2.54 bits per heavy atom. The van der Waals surface area contributed by atoms with Crippen molar-refractivity contribution >= 4 is 23.2 Å². The normalized spacial score (nSPS) is 14.6. The summed E-state index contributed by atoms with van der Waals surface area (Å²) in [7, 11) is 1.67. The number of thiocarbonyl (C=S) groups is 1. The predicted octanol–water partition coefficient (Wildman–Crippen LogP) is 1.03. The predicted molar refractivity (Wildman–Crippen MR) is 109 cm³/mol. The lowest BCUT2D eigenvalue weighted by Crippen LogP contribution is -2.53. The summed E-state index contributed by atoms with van der Waals surface area (Å²) < 4.78 is 5.17. The highest BCUT2D eigenvalue weighted by atomic mass is 32.1. The number of carbonyl (C=O) groups is 1. The maximum atomic E-state index is 11.7. The Hall–Kier alpha value is -2.12. The first-order chi connectivity index (χ1) is 12.6. The van der Waals surface area contributed by atoms with E-state index in [4.69, 9.17) is 17.0 Å². The fourth-order valence-corrected chi connectivity index (χ4v) is 3.06. The number of amides is 1. The molecule has 142 valence electrons. The molecule has 0 aliphatic carbocycles. The Morgan fingerprint density at radius 1 is 1.23 bits per heavy atom. The minimum absolute atomic E-state index is 0.0403. The number of ether oxygens (including phenoxy) is 1. The number of rotatable bonds is 8. The second-order valence-corrected chi connectivity index (χ2v) is 6.57. The first-order valence-corrected chi connectivity index (χ1v) is 9.29. The van der Waals surface area contributed by atoms with Gasteiger partial charge in [0.05, 0.1) is 13.7 Å². The van der Waals surface area contributed by atoms with Crippen molar-refractivity contribution < 1.29 is 9.53 Å². The van der Waals surface area contributed by atoms with E-state index in [9.17, 15) is 4.79 Å².